The Hall–Kier alpha value is -2.86. The zero-order chi connectivity index (χ0) is 47.2. The van der Waals surface area contributed by atoms with Gasteiger partial charge in [-0.3, -0.25) is 0 Å². The summed E-state index contributed by atoms with van der Waals surface area (Å²) in [6.07, 6.45) is 6.00. The Morgan fingerprint density at radius 1 is 0.400 bits per heavy atom. The molecular formula is C40H88N4O16. The van der Waals surface area contributed by atoms with Gasteiger partial charge in [-0.1, -0.05) is 32.8 Å². The SMILES string of the molecule is CCC=CC(=O)[O-].CCCCCC(=O)[O-].COCC[NH2+]CCOC.COCC[NH2+]CCOC.COCC[NH2+]CCOC.COCC[NH2+]CCOC.O=C([O-])CCCC(=O)[O-]. The number of unbranched alkanes of at least 4 members (excludes halogenated alkanes) is 2. The lowest BCUT2D eigenvalue weighted by atomic mass is 10.2. The predicted octanol–water partition coefficient (Wildman–Crippen LogP) is -6.95. The van der Waals surface area contributed by atoms with Crippen LogP contribution in [0.4, 0.5) is 0 Å². The molecule has 0 aliphatic carbocycles. The number of rotatable bonds is 34. The molecule has 0 rings (SSSR count). The molecule has 0 radical (unpaired) electrons. The molecule has 0 saturated heterocycles. The highest BCUT2D eigenvalue weighted by Crippen LogP contribution is 1.96. The molecule has 0 atom stereocenters. The number of allylic oxidation sites excluding steroid dienone is 1. The molecule has 20 nitrogen and oxygen atoms in total. The van der Waals surface area contributed by atoms with Crippen molar-refractivity contribution >= 4 is 23.9 Å². The van der Waals surface area contributed by atoms with Crippen LogP contribution in [0.1, 0.15) is 65.2 Å². The first-order valence-electron chi connectivity index (χ1n) is 20.5. The molecule has 20 heteroatoms. The van der Waals surface area contributed by atoms with Crippen LogP contribution in [0.5, 0.6) is 0 Å². The lowest BCUT2D eigenvalue weighted by Gasteiger charge is -2.01. The van der Waals surface area contributed by atoms with Crippen LogP contribution in [0.25, 0.3) is 0 Å². The van der Waals surface area contributed by atoms with E-state index in [0.29, 0.717) is 0 Å². The van der Waals surface area contributed by atoms with Gasteiger partial charge >= 0.3 is 0 Å². The van der Waals surface area contributed by atoms with Crippen molar-refractivity contribution in [2.24, 2.45) is 0 Å². The van der Waals surface area contributed by atoms with Gasteiger partial charge in [-0.25, -0.2) is 0 Å². The summed E-state index contributed by atoms with van der Waals surface area (Å²) in [5.74, 6) is -4.51. The molecule has 8 N–H and O–H groups in total. The first-order valence-corrected chi connectivity index (χ1v) is 20.5. The summed E-state index contributed by atoms with van der Waals surface area (Å²) in [6, 6.07) is 0. The molecule has 60 heavy (non-hydrogen) atoms. The minimum atomic E-state index is -1.23. The van der Waals surface area contributed by atoms with Crippen molar-refractivity contribution in [1.29, 1.82) is 0 Å². The predicted molar refractivity (Wildman–Crippen MR) is 219 cm³/mol. The number of hydrogen-bond acceptors (Lipinski definition) is 16. The molecule has 0 aliphatic rings. The molecule has 0 unspecified atom stereocenters. The van der Waals surface area contributed by atoms with Crippen molar-refractivity contribution in [3.05, 3.63) is 12.2 Å². The van der Waals surface area contributed by atoms with Gasteiger partial charge < -0.3 is 98.8 Å². The molecule has 0 spiro atoms. The number of carboxylic acids is 4. The Morgan fingerprint density at radius 2 is 0.633 bits per heavy atom. The fourth-order valence-electron chi connectivity index (χ4n) is 3.30. The number of carboxylic acid groups (broad SMARTS) is 4. The minimum absolute atomic E-state index is 0.0880. The monoisotopic (exact) mass is 881 g/mol. The smallest absolute Gasteiger partial charge is 0.0993 e. The highest BCUT2D eigenvalue weighted by molar-refractivity contribution is 5.77. The van der Waals surface area contributed by atoms with Crippen LogP contribution >= 0.6 is 0 Å². The van der Waals surface area contributed by atoms with E-state index in [0.717, 1.165) is 137 Å². The maximum absolute atomic E-state index is 9.76. The van der Waals surface area contributed by atoms with E-state index in [9.17, 15) is 39.6 Å². The summed E-state index contributed by atoms with van der Waals surface area (Å²) in [5.41, 5.74) is 0. The molecule has 364 valence electrons. The molecule has 0 fully saturated rings. The van der Waals surface area contributed by atoms with Gasteiger partial charge in [0.1, 0.15) is 0 Å². The summed E-state index contributed by atoms with van der Waals surface area (Å²) in [7, 11) is 13.7. The van der Waals surface area contributed by atoms with Gasteiger partial charge in [-0.2, -0.15) is 0 Å². The number of nitrogens with two attached hydrogens (primary N) is 4. The van der Waals surface area contributed by atoms with E-state index in [1.807, 2.05) is 13.8 Å². The normalized spacial score (nSPS) is 9.70. The largest absolute Gasteiger partial charge is 0.550 e. The van der Waals surface area contributed by atoms with Gasteiger partial charge in [0, 0.05) is 74.8 Å². The minimum Gasteiger partial charge on any atom is -0.550 e. The van der Waals surface area contributed by atoms with E-state index in [1.165, 1.54) is 6.08 Å². The summed E-state index contributed by atoms with van der Waals surface area (Å²) in [4.78, 5) is 38.6. The maximum atomic E-state index is 9.76. The number of carbonyl (C=O) groups excluding carboxylic acids is 4. The fraction of sp³-hybridized carbons (Fsp3) is 0.850. The van der Waals surface area contributed by atoms with E-state index in [-0.39, 0.29) is 25.7 Å². The molecule has 0 aromatic heterocycles. The standard InChI is InChI=1S/4C6H15NO2.C6H12O2.C5H8O4.C5H8O2/c4*1-8-5-3-7-4-6-9-2;1-2-3-4-5-6(7)8;6-4(7)2-1-3-5(8)9;1-2-3-4-5(6)7/h4*7H,3-6H2,1-2H3;2-5H2,1H3,(H,7,8);1-3H2,(H,6,7)(H,8,9);3-4H,2H2,1H3,(H,6,7). The van der Waals surface area contributed by atoms with E-state index in [4.69, 9.17) is 37.9 Å². The van der Waals surface area contributed by atoms with Crippen molar-refractivity contribution in [2.75, 3.05) is 162 Å². The van der Waals surface area contributed by atoms with Crippen molar-refractivity contribution < 1.29 is 98.8 Å². The second kappa shape index (κ2) is 76.8. The van der Waals surface area contributed by atoms with Crippen LogP contribution in [0.2, 0.25) is 0 Å². The van der Waals surface area contributed by atoms with Crippen LogP contribution in [0.15, 0.2) is 12.2 Å². The van der Waals surface area contributed by atoms with Crippen molar-refractivity contribution in [1.82, 2.24) is 0 Å². The van der Waals surface area contributed by atoms with Crippen LogP contribution in [-0.4, -0.2) is 186 Å². The number of aliphatic carboxylic acids is 4. The number of quaternary nitrogens is 4. The molecule has 0 aromatic rings. The Bertz CT molecular complexity index is 738. The average Bonchev–Trinajstić information content (AvgIpc) is 3.21. The lowest BCUT2D eigenvalue weighted by Crippen LogP contribution is -2.86. The third-order valence-electron chi connectivity index (χ3n) is 6.44. The van der Waals surface area contributed by atoms with Gasteiger partial charge in [-0.15, -0.1) is 0 Å². The van der Waals surface area contributed by atoms with Gasteiger partial charge in [0.25, 0.3) is 0 Å². The summed E-state index contributed by atoms with van der Waals surface area (Å²) < 4.78 is 38.8. The van der Waals surface area contributed by atoms with Crippen LogP contribution in [0.3, 0.4) is 0 Å². The van der Waals surface area contributed by atoms with Gasteiger partial charge in [-0.05, 0) is 44.6 Å². The van der Waals surface area contributed by atoms with E-state index in [1.54, 1.807) is 56.9 Å². The maximum Gasteiger partial charge on any atom is 0.0993 e. The van der Waals surface area contributed by atoms with Gasteiger partial charge in [0.15, 0.2) is 0 Å². The average molecular weight is 881 g/mol. The van der Waals surface area contributed by atoms with Crippen molar-refractivity contribution in [3.8, 4) is 0 Å². The zero-order valence-electron chi connectivity index (χ0n) is 39.0. The Balaban J connectivity index is -0.000000109. The number of methoxy groups -OCH3 is 8. The lowest BCUT2D eigenvalue weighted by molar-refractivity contribution is -0.657. The quantitative estimate of drug-likeness (QED) is 0.0345. The summed E-state index contributed by atoms with van der Waals surface area (Å²) >= 11 is 0. The van der Waals surface area contributed by atoms with Gasteiger partial charge in [0.2, 0.25) is 0 Å². The molecular weight excluding hydrogens is 792 g/mol. The number of hydrogen-bond donors (Lipinski definition) is 4. The number of carbonyl (C=O) groups is 4. The van der Waals surface area contributed by atoms with E-state index < -0.39 is 23.9 Å². The fourth-order valence-corrected chi connectivity index (χ4v) is 3.30. The molecule has 0 aliphatic heterocycles. The Kier molecular flexibility index (Phi) is 91.7. The van der Waals surface area contributed by atoms with Crippen LogP contribution in [0, 0.1) is 0 Å². The van der Waals surface area contributed by atoms with Crippen LogP contribution < -0.4 is 41.7 Å². The Labute approximate surface area is 361 Å². The second-order valence-electron chi connectivity index (χ2n) is 12.0. The topological polar surface area (TPSA) is 301 Å². The van der Waals surface area contributed by atoms with E-state index in [2.05, 4.69) is 21.3 Å². The summed E-state index contributed by atoms with van der Waals surface area (Å²) in [5, 5.41) is 47.3. The molecule has 0 amide bonds. The third-order valence-corrected chi connectivity index (χ3v) is 6.44. The second-order valence-corrected chi connectivity index (χ2v) is 12.0. The highest BCUT2D eigenvalue weighted by atomic mass is 16.5. The van der Waals surface area contributed by atoms with Crippen molar-refractivity contribution in [3.63, 3.8) is 0 Å². The van der Waals surface area contributed by atoms with E-state index >= 15 is 0 Å². The van der Waals surface area contributed by atoms with Crippen LogP contribution in [-0.2, 0) is 57.1 Å². The molecule has 0 aromatic carbocycles. The summed E-state index contributed by atoms with van der Waals surface area (Å²) in [6.45, 7) is 18.7. The van der Waals surface area contributed by atoms with Gasteiger partial charge in [0.05, 0.1) is 111 Å². The first-order chi connectivity index (χ1) is 28.8. The highest BCUT2D eigenvalue weighted by Gasteiger charge is 1.90. The third kappa shape index (κ3) is 124. The van der Waals surface area contributed by atoms with Crippen molar-refractivity contribution in [2.45, 2.75) is 65.2 Å². The zero-order valence-corrected chi connectivity index (χ0v) is 39.0. The molecule has 0 bridgehead atoms. The molecule has 0 saturated carbocycles. The number of ether oxygens (including phenoxy) is 8. The Morgan fingerprint density at radius 3 is 0.783 bits per heavy atom. The first kappa shape index (κ1) is 71.6. The molecule has 0 heterocycles.